The number of hydrogen-bond acceptors (Lipinski definition) is 3. The van der Waals surface area contributed by atoms with Crippen molar-refractivity contribution in [2.75, 3.05) is 6.61 Å². The quantitative estimate of drug-likeness (QED) is 0.754. The van der Waals surface area contributed by atoms with Crippen LogP contribution in [0.1, 0.15) is 30.5 Å². The number of rotatable bonds is 4. The van der Waals surface area contributed by atoms with Gasteiger partial charge in [-0.05, 0) is 57.4 Å². The summed E-state index contributed by atoms with van der Waals surface area (Å²) in [6.45, 7) is 9.89. The van der Waals surface area contributed by atoms with Gasteiger partial charge in [0.25, 0.3) is 0 Å². The van der Waals surface area contributed by atoms with Gasteiger partial charge < -0.3 is 9.47 Å². The summed E-state index contributed by atoms with van der Waals surface area (Å²) in [4.78, 5) is 11.5. The molecular formula is C14H20O3. The van der Waals surface area contributed by atoms with E-state index in [0.717, 1.165) is 22.4 Å². The fourth-order valence-electron chi connectivity index (χ4n) is 1.62. The lowest BCUT2D eigenvalue weighted by Crippen LogP contribution is -2.26. The number of carbonyl (C=O) groups is 1. The Labute approximate surface area is 103 Å². The van der Waals surface area contributed by atoms with Crippen LogP contribution >= 0.6 is 0 Å². The Morgan fingerprint density at radius 1 is 1.29 bits per heavy atom. The van der Waals surface area contributed by atoms with E-state index in [1.165, 1.54) is 0 Å². The summed E-state index contributed by atoms with van der Waals surface area (Å²) >= 11 is 0. The number of esters is 1. The molecule has 0 N–H and O–H groups in total. The van der Waals surface area contributed by atoms with E-state index in [4.69, 9.17) is 9.47 Å². The van der Waals surface area contributed by atoms with Gasteiger partial charge in [-0.3, -0.25) is 0 Å². The Balaban J connectivity index is 2.84. The number of aryl methyl sites for hydroxylation is 2. The highest BCUT2D eigenvalue weighted by atomic mass is 16.6. The Morgan fingerprint density at radius 3 is 2.53 bits per heavy atom. The average molecular weight is 236 g/mol. The van der Waals surface area contributed by atoms with Crippen molar-refractivity contribution in [2.45, 2.75) is 40.7 Å². The lowest BCUT2D eigenvalue weighted by Gasteiger charge is -2.16. The minimum Gasteiger partial charge on any atom is -0.479 e. The van der Waals surface area contributed by atoms with Gasteiger partial charge >= 0.3 is 5.97 Å². The normalized spacial score (nSPS) is 12.1. The van der Waals surface area contributed by atoms with Gasteiger partial charge in [0.2, 0.25) is 0 Å². The van der Waals surface area contributed by atoms with Crippen LogP contribution in [0.4, 0.5) is 0 Å². The standard InChI is InChI=1S/C14H20O3/c1-6-16-14(15)12(5)17-13-8-9(2)7-10(3)11(13)4/h7-8,12H,6H2,1-5H3. The molecule has 0 radical (unpaired) electrons. The number of carbonyl (C=O) groups excluding carboxylic acids is 1. The molecule has 1 aromatic carbocycles. The van der Waals surface area contributed by atoms with E-state index in [0.29, 0.717) is 6.61 Å². The molecule has 17 heavy (non-hydrogen) atoms. The van der Waals surface area contributed by atoms with Crippen molar-refractivity contribution in [3.63, 3.8) is 0 Å². The first kappa shape index (κ1) is 13.6. The molecule has 0 aliphatic rings. The van der Waals surface area contributed by atoms with E-state index in [1.807, 2.05) is 26.8 Å². The zero-order chi connectivity index (χ0) is 13.0. The summed E-state index contributed by atoms with van der Waals surface area (Å²) in [5.41, 5.74) is 3.35. The minimum atomic E-state index is -0.574. The van der Waals surface area contributed by atoms with Gasteiger partial charge in [0.15, 0.2) is 6.10 Å². The molecule has 0 bridgehead atoms. The maximum absolute atomic E-state index is 11.5. The smallest absolute Gasteiger partial charge is 0.347 e. The number of benzene rings is 1. The second-order valence-electron chi connectivity index (χ2n) is 4.22. The van der Waals surface area contributed by atoms with E-state index in [-0.39, 0.29) is 5.97 Å². The molecule has 0 aliphatic heterocycles. The molecule has 1 rings (SSSR count). The lowest BCUT2D eigenvalue weighted by molar-refractivity contribution is -0.150. The van der Waals surface area contributed by atoms with Crippen LogP contribution in [0.3, 0.4) is 0 Å². The highest BCUT2D eigenvalue weighted by Crippen LogP contribution is 2.24. The molecule has 0 aromatic heterocycles. The highest BCUT2D eigenvalue weighted by Gasteiger charge is 2.17. The predicted molar refractivity (Wildman–Crippen MR) is 67.4 cm³/mol. The summed E-state index contributed by atoms with van der Waals surface area (Å²) in [6.07, 6.45) is -0.574. The Kier molecular flexibility index (Phi) is 4.55. The molecular weight excluding hydrogens is 216 g/mol. The van der Waals surface area contributed by atoms with Crippen molar-refractivity contribution in [1.82, 2.24) is 0 Å². The maximum atomic E-state index is 11.5. The van der Waals surface area contributed by atoms with Crippen LogP contribution in [-0.4, -0.2) is 18.7 Å². The van der Waals surface area contributed by atoms with Crippen LogP contribution < -0.4 is 4.74 Å². The topological polar surface area (TPSA) is 35.5 Å². The third-order valence-corrected chi connectivity index (χ3v) is 2.69. The molecule has 1 atom stereocenters. The van der Waals surface area contributed by atoms with Crippen LogP contribution in [0.5, 0.6) is 5.75 Å². The Bertz CT molecular complexity index is 410. The molecule has 1 unspecified atom stereocenters. The van der Waals surface area contributed by atoms with Gasteiger partial charge in [-0.1, -0.05) is 6.07 Å². The van der Waals surface area contributed by atoms with Crippen molar-refractivity contribution in [2.24, 2.45) is 0 Å². The number of hydrogen-bond donors (Lipinski definition) is 0. The fourth-order valence-corrected chi connectivity index (χ4v) is 1.62. The third kappa shape index (κ3) is 3.48. The monoisotopic (exact) mass is 236 g/mol. The molecule has 0 fully saturated rings. The summed E-state index contributed by atoms with van der Waals surface area (Å²) in [5, 5.41) is 0. The van der Waals surface area contributed by atoms with Crippen LogP contribution in [-0.2, 0) is 9.53 Å². The highest BCUT2D eigenvalue weighted by molar-refractivity contribution is 5.74. The van der Waals surface area contributed by atoms with Crippen LogP contribution in [0.15, 0.2) is 12.1 Å². The third-order valence-electron chi connectivity index (χ3n) is 2.69. The fraction of sp³-hybridized carbons (Fsp3) is 0.500. The van der Waals surface area contributed by atoms with Crippen LogP contribution in [0.25, 0.3) is 0 Å². The van der Waals surface area contributed by atoms with Crippen molar-refractivity contribution in [1.29, 1.82) is 0 Å². The molecule has 0 amide bonds. The largest absolute Gasteiger partial charge is 0.479 e. The SMILES string of the molecule is CCOC(=O)C(C)Oc1cc(C)cc(C)c1C. The molecule has 0 aliphatic carbocycles. The molecule has 3 nitrogen and oxygen atoms in total. The van der Waals surface area contributed by atoms with Crippen molar-refractivity contribution in [3.8, 4) is 5.75 Å². The number of ether oxygens (including phenoxy) is 2. The van der Waals surface area contributed by atoms with E-state index in [9.17, 15) is 4.79 Å². The molecule has 0 saturated heterocycles. The van der Waals surface area contributed by atoms with E-state index >= 15 is 0 Å². The van der Waals surface area contributed by atoms with Crippen molar-refractivity contribution >= 4 is 5.97 Å². The first-order valence-corrected chi connectivity index (χ1v) is 5.86. The summed E-state index contributed by atoms with van der Waals surface area (Å²) in [7, 11) is 0. The summed E-state index contributed by atoms with van der Waals surface area (Å²) in [5.74, 6) is 0.425. The van der Waals surface area contributed by atoms with Gasteiger partial charge in [0, 0.05) is 0 Å². The lowest BCUT2D eigenvalue weighted by atomic mass is 10.1. The first-order valence-electron chi connectivity index (χ1n) is 5.86. The molecule has 0 spiro atoms. The molecule has 3 heteroatoms. The average Bonchev–Trinajstić information content (AvgIpc) is 2.25. The Hall–Kier alpha value is -1.51. The van der Waals surface area contributed by atoms with Gasteiger partial charge in [0.1, 0.15) is 5.75 Å². The van der Waals surface area contributed by atoms with Gasteiger partial charge in [-0.2, -0.15) is 0 Å². The maximum Gasteiger partial charge on any atom is 0.347 e. The van der Waals surface area contributed by atoms with Crippen molar-refractivity contribution < 1.29 is 14.3 Å². The molecule has 94 valence electrons. The van der Waals surface area contributed by atoms with Gasteiger partial charge in [0.05, 0.1) is 6.61 Å². The van der Waals surface area contributed by atoms with Crippen LogP contribution in [0.2, 0.25) is 0 Å². The Morgan fingerprint density at radius 2 is 1.94 bits per heavy atom. The minimum absolute atomic E-state index is 0.328. The summed E-state index contributed by atoms with van der Waals surface area (Å²) < 4.78 is 10.6. The predicted octanol–water partition coefficient (Wildman–Crippen LogP) is 2.94. The van der Waals surface area contributed by atoms with Gasteiger partial charge in [-0.15, -0.1) is 0 Å². The van der Waals surface area contributed by atoms with Crippen LogP contribution in [0, 0.1) is 20.8 Å². The zero-order valence-electron chi connectivity index (χ0n) is 11.2. The van der Waals surface area contributed by atoms with E-state index in [1.54, 1.807) is 13.8 Å². The van der Waals surface area contributed by atoms with Crippen molar-refractivity contribution in [3.05, 3.63) is 28.8 Å². The molecule has 0 saturated carbocycles. The first-order chi connectivity index (χ1) is 7.95. The van der Waals surface area contributed by atoms with E-state index in [2.05, 4.69) is 6.07 Å². The summed E-state index contributed by atoms with van der Waals surface area (Å²) in [6, 6.07) is 4.04. The zero-order valence-corrected chi connectivity index (χ0v) is 11.2. The molecule has 0 heterocycles. The second-order valence-corrected chi connectivity index (χ2v) is 4.22. The van der Waals surface area contributed by atoms with E-state index < -0.39 is 6.10 Å². The van der Waals surface area contributed by atoms with Gasteiger partial charge in [-0.25, -0.2) is 4.79 Å². The molecule has 1 aromatic rings. The second kappa shape index (κ2) is 5.71.